The lowest BCUT2D eigenvalue weighted by atomic mass is 10.1. The van der Waals surface area contributed by atoms with Crippen LogP contribution in [0, 0.1) is 5.92 Å². The van der Waals surface area contributed by atoms with Crippen molar-refractivity contribution in [3.63, 3.8) is 0 Å². The predicted molar refractivity (Wildman–Crippen MR) is 131 cm³/mol. The molecule has 1 aliphatic heterocycles. The van der Waals surface area contributed by atoms with Gasteiger partial charge in [0.05, 0.1) is 6.54 Å². The molecule has 2 N–H and O–H groups in total. The molecule has 1 saturated heterocycles. The van der Waals surface area contributed by atoms with E-state index < -0.39 is 0 Å². The van der Waals surface area contributed by atoms with Gasteiger partial charge in [0, 0.05) is 26.7 Å². The molecule has 0 amide bonds. The van der Waals surface area contributed by atoms with Crippen molar-refractivity contribution in [1.29, 1.82) is 0 Å². The first kappa shape index (κ1) is 23.5. The molecule has 0 aromatic heterocycles. The first-order chi connectivity index (χ1) is 13.8. The van der Waals surface area contributed by atoms with Crippen LogP contribution in [0.25, 0.3) is 0 Å². The number of ether oxygens (including phenoxy) is 1. The van der Waals surface area contributed by atoms with E-state index in [9.17, 15) is 0 Å². The molecule has 1 unspecified atom stereocenters. The summed E-state index contributed by atoms with van der Waals surface area (Å²) >= 11 is 0. The van der Waals surface area contributed by atoms with Crippen molar-refractivity contribution in [3.05, 3.63) is 66.2 Å². The summed E-state index contributed by atoms with van der Waals surface area (Å²) < 4.78 is 5.70. The SMILES string of the molecule is CN=C(NCCOc1ccccc1)NCC1CCN(CCc2ccccc2)C1.I. The van der Waals surface area contributed by atoms with E-state index in [-0.39, 0.29) is 24.0 Å². The van der Waals surface area contributed by atoms with Gasteiger partial charge in [-0.3, -0.25) is 4.99 Å². The number of hydrogen-bond acceptors (Lipinski definition) is 3. The van der Waals surface area contributed by atoms with Gasteiger partial charge in [-0.25, -0.2) is 0 Å². The summed E-state index contributed by atoms with van der Waals surface area (Å²) in [5, 5.41) is 6.78. The number of para-hydroxylation sites is 1. The molecule has 1 aliphatic rings. The zero-order valence-corrected chi connectivity index (χ0v) is 19.5. The lowest BCUT2D eigenvalue weighted by molar-refractivity contribution is 0.321. The third-order valence-electron chi connectivity index (χ3n) is 5.12. The van der Waals surface area contributed by atoms with E-state index in [4.69, 9.17) is 4.74 Å². The molecule has 158 valence electrons. The molecule has 0 aliphatic carbocycles. The molecule has 1 heterocycles. The van der Waals surface area contributed by atoms with Gasteiger partial charge in [0.1, 0.15) is 12.4 Å². The Morgan fingerprint density at radius 1 is 1.07 bits per heavy atom. The zero-order chi connectivity index (χ0) is 19.4. The molecule has 0 spiro atoms. The average Bonchev–Trinajstić information content (AvgIpc) is 3.21. The molecular weight excluding hydrogens is 475 g/mol. The maximum absolute atomic E-state index is 5.70. The molecule has 29 heavy (non-hydrogen) atoms. The highest BCUT2D eigenvalue weighted by atomic mass is 127. The molecule has 1 atom stereocenters. The van der Waals surface area contributed by atoms with Gasteiger partial charge < -0.3 is 20.3 Å². The Kier molecular flexibility index (Phi) is 10.9. The maximum Gasteiger partial charge on any atom is 0.191 e. The molecule has 2 aromatic rings. The number of nitrogens with zero attached hydrogens (tertiary/aromatic N) is 2. The van der Waals surface area contributed by atoms with Crippen LogP contribution in [-0.4, -0.2) is 57.2 Å². The smallest absolute Gasteiger partial charge is 0.191 e. The van der Waals surface area contributed by atoms with Crippen molar-refractivity contribution >= 4 is 29.9 Å². The van der Waals surface area contributed by atoms with Crippen LogP contribution in [0.2, 0.25) is 0 Å². The number of aliphatic imine (C=N–C) groups is 1. The first-order valence-electron chi connectivity index (χ1n) is 10.2. The van der Waals surface area contributed by atoms with Crippen LogP contribution >= 0.6 is 24.0 Å². The van der Waals surface area contributed by atoms with Crippen LogP contribution in [0.5, 0.6) is 5.75 Å². The second kappa shape index (κ2) is 13.4. The van der Waals surface area contributed by atoms with Crippen molar-refractivity contribution in [1.82, 2.24) is 15.5 Å². The van der Waals surface area contributed by atoms with E-state index in [2.05, 4.69) is 50.9 Å². The summed E-state index contributed by atoms with van der Waals surface area (Å²) in [6, 6.07) is 20.6. The Balaban J connectivity index is 0.00000300. The van der Waals surface area contributed by atoms with Crippen molar-refractivity contribution < 1.29 is 4.74 Å². The van der Waals surface area contributed by atoms with Gasteiger partial charge >= 0.3 is 0 Å². The number of guanidine groups is 1. The van der Waals surface area contributed by atoms with E-state index in [1.54, 1.807) is 0 Å². The van der Waals surface area contributed by atoms with Gasteiger partial charge in [-0.15, -0.1) is 24.0 Å². The number of nitrogens with one attached hydrogen (secondary N) is 2. The third kappa shape index (κ3) is 8.62. The van der Waals surface area contributed by atoms with Crippen molar-refractivity contribution in [2.75, 3.05) is 46.4 Å². The van der Waals surface area contributed by atoms with Crippen molar-refractivity contribution in [2.45, 2.75) is 12.8 Å². The van der Waals surface area contributed by atoms with Crippen molar-refractivity contribution in [3.8, 4) is 5.75 Å². The Hall–Kier alpha value is -1.80. The number of halogens is 1. The minimum atomic E-state index is 0. The topological polar surface area (TPSA) is 48.9 Å². The standard InChI is InChI=1S/C23H32N4O.HI/c1-24-23(25-14-17-28-22-10-6-3-7-11-22)26-18-21-13-16-27(19-21)15-12-20-8-4-2-5-9-20;/h2-11,21H,12-19H2,1H3,(H2,24,25,26);1H. The highest BCUT2D eigenvalue weighted by Gasteiger charge is 2.22. The van der Waals surface area contributed by atoms with E-state index in [1.165, 1.54) is 18.5 Å². The van der Waals surface area contributed by atoms with E-state index in [0.29, 0.717) is 12.5 Å². The number of likely N-dealkylation sites (tertiary alicyclic amines) is 1. The molecule has 0 radical (unpaired) electrons. The largest absolute Gasteiger partial charge is 0.492 e. The summed E-state index contributed by atoms with van der Waals surface area (Å²) in [5.74, 6) is 2.42. The first-order valence-corrected chi connectivity index (χ1v) is 10.2. The fourth-order valence-corrected chi connectivity index (χ4v) is 3.53. The summed E-state index contributed by atoms with van der Waals surface area (Å²) in [7, 11) is 1.81. The number of rotatable bonds is 9. The predicted octanol–water partition coefficient (Wildman–Crippen LogP) is 3.41. The Labute approximate surface area is 192 Å². The fraction of sp³-hybridized carbons (Fsp3) is 0.435. The fourth-order valence-electron chi connectivity index (χ4n) is 3.53. The quantitative estimate of drug-likeness (QED) is 0.236. The van der Waals surface area contributed by atoms with Gasteiger partial charge in [-0.1, -0.05) is 48.5 Å². The molecule has 3 rings (SSSR count). The van der Waals surface area contributed by atoms with Gasteiger partial charge in [0.25, 0.3) is 0 Å². The van der Waals surface area contributed by atoms with Crippen LogP contribution in [0.3, 0.4) is 0 Å². The number of hydrogen-bond donors (Lipinski definition) is 2. The Morgan fingerprint density at radius 2 is 1.79 bits per heavy atom. The van der Waals surface area contributed by atoms with Gasteiger partial charge in [-0.2, -0.15) is 0 Å². The molecule has 1 fully saturated rings. The maximum atomic E-state index is 5.70. The summed E-state index contributed by atoms with van der Waals surface area (Å²) in [4.78, 5) is 6.89. The van der Waals surface area contributed by atoms with Crippen LogP contribution in [0.4, 0.5) is 0 Å². The average molecular weight is 508 g/mol. The Bertz CT molecular complexity index is 711. The lowest BCUT2D eigenvalue weighted by Gasteiger charge is -2.17. The Morgan fingerprint density at radius 3 is 2.52 bits per heavy atom. The van der Waals surface area contributed by atoms with Crippen molar-refractivity contribution in [2.24, 2.45) is 10.9 Å². The van der Waals surface area contributed by atoms with Crippen LogP contribution in [0.15, 0.2) is 65.7 Å². The number of benzene rings is 2. The van der Waals surface area contributed by atoms with Gasteiger partial charge in [0.15, 0.2) is 5.96 Å². The highest BCUT2D eigenvalue weighted by Crippen LogP contribution is 2.16. The van der Waals surface area contributed by atoms with Crippen LogP contribution < -0.4 is 15.4 Å². The van der Waals surface area contributed by atoms with E-state index >= 15 is 0 Å². The lowest BCUT2D eigenvalue weighted by Crippen LogP contribution is -2.41. The van der Waals surface area contributed by atoms with E-state index in [1.807, 2.05) is 37.4 Å². The molecule has 0 bridgehead atoms. The van der Waals surface area contributed by atoms with Crippen LogP contribution in [0.1, 0.15) is 12.0 Å². The molecular formula is C23H33IN4O. The molecule has 2 aromatic carbocycles. The van der Waals surface area contributed by atoms with Gasteiger partial charge in [-0.05, 0) is 43.0 Å². The second-order valence-corrected chi connectivity index (χ2v) is 7.23. The monoisotopic (exact) mass is 508 g/mol. The second-order valence-electron chi connectivity index (χ2n) is 7.23. The minimum Gasteiger partial charge on any atom is -0.492 e. The molecule has 5 nitrogen and oxygen atoms in total. The summed E-state index contributed by atoms with van der Waals surface area (Å²) in [6.07, 6.45) is 2.38. The van der Waals surface area contributed by atoms with Crippen LogP contribution in [-0.2, 0) is 6.42 Å². The molecule has 0 saturated carbocycles. The highest BCUT2D eigenvalue weighted by molar-refractivity contribution is 14.0. The summed E-state index contributed by atoms with van der Waals surface area (Å²) in [6.45, 7) is 5.79. The minimum absolute atomic E-state index is 0. The third-order valence-corrected chi connectivity index (χ3v) is 5.12. The zero-order valence-electron chi connectivity index (χ0n) is 17.2. The van der Waals surface area contributed by atoms with Gasteiger partial charge in [0.2, 0.25) is 0 Å². The van der Waals surface area contributed by atoms with E-state index in [0.717, 1.165) is 44.3 Å². The summed E-state index contributed by atoms with van der Waals surface area (Å²) in [5.41, 5.74) is 1.42. The molecule has 6 heteroatoms. The normalized spacial score (nSPS) is 16.9.